The number of carbonyl (C=O) groups is 2. The van der Waals surface area contributed by atoms with E-state index in [1.165, 1.54) is 18.4 Å². The van der Waals surface area contributed by atoms with Crippen LogP contribution in [0.3, 0.4) is 0 Å². The van der Waals surface area contributed by atoms with E-state index in [0.717, 1.165) is 5.39 Å². The summed E-state index contributed by atoms with van der Waals surface area (Å²) in [5.41, 5.74) is 1.18. The van der Waals surface area contributed by atoms with Gasteiger partial charge in [0.25, 0.3) is 5.91 Å². The van der Waals surface area contributed by atoms with Crippen LogP contribution in [0.1, 0.15) is 27.6 Å². The maximum Gasteiger partial charge on any atom is 0.424 e. The number of pyridine rings is 1. The van der Waals surface area contributed by atoms with Gasteiger partial charge in [-0.15, -0.1) is 11.3 Å². The second-order valence-electron chi connectivity index (χ2n) is 6.22. The number of aryl methyl sites for hydroxylation is 1. The number of thiazole rings is 1. The average molecular weight is 424 g/mol. The number of aliphatic hydroxyl groups is 1. The summed E-state index contributed by atoms with van der Waals surface area (Å²) in [5, 5.41) is 11.6. The van der Waals surface area contributed by atoms with Gasteiger partial charge in [-0.05, 0) is 19.1 Å². The molecule has 0 bridgehead atoms. The summed E-state index contributed by atoms with van der Waals surface area (Å²) >= 11 is 0.589. The van der Waals surface area contributed by atoms with Crippen molar-refractivity contribution in [2.45, 2.75) is 25.1 Å². The van der Waals surface area contributed by atoms with Crippen LogP contribution < -0.4 is 10.9 Å². The number of fused-ring (bicyclic) bond motifs is 1. The summed E-state index contributed by atoms with van der Waals surface area (Å²) in [6.45, 7) is 1.47. The lowest BCUT2D eigenvalue weighted by Crippen LogP contribution is -2.49. The molecule has 1 atom stereocenters. The van der Waals surface area contributed by atoms with Gasteiger partial charge in [0, 0.05) is 16.5 Å². The molecule has 2 aromatic heterocycles. The molecule has 11 heteroatoms. The van der Waals surface area contributed by atoms with Crippen LogP contribution in [0.25, 0.3) is 10.9 Å². The van der Waals surface area contributed by atoms with E-state index < -0.39 is 35.0 Å². The first-order chi connectivity index (χ1) is 13.6. The van der Waals surface area contributed by atoms with Gasteiger partial charge in [0.05, 0.1) is 11.9 Å². The molecule has 2 amide bonds. The first-order valence-corrected chi connectivity index (χ1v) is 9.15. The Bertz CT molecular complexity index is 1070. The van der Waals surface area contributed by atoms with Crippen LogP contribution in [-0.2, 0) is 10.4 Å². The van der Waals surface area contributed by atoms with Crippen molar-refractivity contribution in [3.63, 3.8) is 0 Å². The van der Waals surface area contributed by atoms with Crippen molar-refractivity contribution in [2.75, 3.05) is 0 Å². The highest BCUT2D eigenvalue weighted by molar-refractivity contribution is 7.09. The second-order valence-corrected chi connectivity index (χ2v) is 7.08. The number of benzene rings is 1. The highest BCUT2D eigenvalue weighted by Gasteiger charge is 2.58. The molecule has 152 valence electrons. The Morgan fingerprint density at radius 3 is 2.48 bits per heavy atom. The number of halogens is 3. The van der Waals surface area contributed by atoms with Crippen molar-refractivity contribution in [3.8, 4) is 0 Å². The summed E-state index contributed by atoms with van der Waals surface area (Å²) in [6, 6.07) is 10.1. The maximum atomic E-state index is 13.4. The third kappa shape index (κ3) is 4.35. The summed E-state index contributed by atoms with van der Waals surface area (Å²) in [4.78, 5) is 31.9. The Morgan fingerprint density at radius 1 is 1.10 bits per heavy atom. The fourth-order valence-electron chi connectivity index (χ4n) is 2.50. The molecule has 0 saturated heterocycles. The second kappa shape index (κ2) is 7.76. The number of nitrogens with zero attached hydrogens (tertiary/aromatic N) is 2. The third-order valence-electron chi connectivity index (χ3n) is 4.00. The van der Waals surface area contributed by atoms with Gasteiger partial charge in [-0.2, -0.15) is 13.2 Å². The zero-order chi connectivity index (χ0) is 21.2. The van der Waals surface area contributed by atoms with E-state index in [4.69, 9.17) is 0 Å². The van der Waals surface area contributed by atoms with Crippen LogP contribution in [0.15, 0.2) is 41.8 Å². The molecular formula is C18H15F3N4O3S. The number of aromatic nitrogens is 2. The monoisotopic (exact) mass is 424 g/mol. The predicted molar refractivity (Wildman–Crippen MR) is 98.8 cm³/mol. The molecule has 0 fully saturated rings. The molecule has 29 heavy (non-hydrogen) atoms. The molecule has 3 N–H and O–H groups in total. The van der Waals surface area contributed by atoms with Crippen molar-refractivity contribution >= 4 is 34.1 Å². The molecule has 1 aromatic carbocycles. The zero-order valence-electron chi connectivity index (χ0n) is 14.9. The Morgan fingerprint density at radius 2 is 1.83 bits per heavy atom. The number of amides is 2. The number of hydrogen-bond acceptors (Lipinski definition) is 6. The minimum Gasteiger partial charge on any atom is -0.374 e. The van der Waals surface area contributed by atoms with E-state index in [2.05, 4.69) is 9.97 Å². The Kier molecular flexibility index (Phi) is 5.53. The van der Waals surface area contributed by atoms with Crippen LogP contribution in [-0.4, -0.2) is 33.1 Å². The lowest BCUT2D eigenvalue weighted by Gasteiger charge is -2.27. The topological polar surface area (TPSA) is 104 Å². The SMILES string of the molecule is Cc1csc(C(O)(CC(=O)NNC(=O)c2ccc3ccccc3n2)C(F)(F)F)n1. The number of rotatable bonds is 4. The van der Waals surface area contributed by atoms with Gasteiger partial charge in [0.1, 0.15) is 10.7 Å². The van der Waals surface area contributed by atoms with Gasteiger partial charge in [-0.3, -0.25) is 20.4 Å². The first-order valence-electron chi connectivity index (χ1n) is 8.27. The maximum absolute atomic E-state index is 13.4. The van der Waals surface area contributed by atoms with E-state index in [1.807, 2.05) is 10.9 Å². The molecule has 0 saturated carbocycles. The summed E-state index contributed by atoms with van der Waals surface area (Å²) in [7, 11) is 0. The van der Waals surface area contributed by atoms with E-state index in [0.29, 0.717) is 16.9 Å². The molecule has 0 radical (unpaired) electrons. The minimum atomic E-state index is -5.14. The highest BCUT2D eigenvalue weighted by Crippen LogP contribution is 2.42. The third-order valence-corrected chi connectivity index (χ3v) is 5.12. The fraction of sp³-hybridized carbons (Fsp3) is 0.222. The molecule has 0 aliphatic carbocycles. The van der Waals surface area contributed by atoms with Crippen molar-refractivity contribution in [2.24, 2.45) is 0 Å². The van der Waals surface area contributed by atoms with E-state index in [9.17, 15) is 27.9 Å². The van der Waals surface area contributed by atoms with Crippen LogP contribution in [0.2, 0.25) is 0 Å². The van der Waals surface area contributed by atoms with E-state index in [1.54, 1.807) is 30.3 Å². The van der Waals surface area contributed by atoms with Gasteiger partial charge in [0.2, 0.25) is 11.5 Å². The van der Waals surface area contributed by atoms with Gasteiger partial charge in [-0.25, -0.2) is 9.97 Å². The van der Waals surface area contributed by atoms with E-state index in [-0.39, 0.29) is 11.4 Å². The molecule has 3 aromatic rings. The predicted octanol–water partition coefficient (Wildman–Crippen LogP) is 2.60. The molecule has 0 aliphatic heterocycles. The van der Waals surface area contributed by atoms with Crippen LogP contribution in [0.4, 0.5) is 13.2 Å². The molecule has 1 unspecified atom stereocenters. The number of nitrogens with one attached hydrogen (secondary N) is 2. The Balaban J connectivity index is 1.69. The van der Waals surface area contributed by atoms with E-state index >= 15 is 0 Å². The van der Waals surface area contributed by atoms with Crippen LogP contribution >= 0.6 is 11.3 Å². The van der Waals surface area contributed by atoms with Crippen LogP contribution in [0, 0.1) is 6.92 Å². The number of carbonyl (C=O) groups excluding carboxylic acids is 2. The lowest BCUT2D eigenvalue weighted by atomic mass is 9.99. The Hall–Kier alpha value is -3.05. The molecular weight excluding hydrogens is 409 g/mol. The smallest absolute Gasteiger partial charge is 0.374 e. The number of para-hydroxylation sites is 1. The summed E-state index contributed by atoms with van der Waals surface area (Å²) < 4.78 is 40.2. The number of hydrogen-bond donors (Lipinski definition) is 3. The Labute approximate surface area is 166 Å². The molecule has 0 aliphatic rings. The zero-order valence-corrected chi connectivity index (χ0v) is 15.8. The van der Waals surface area contributed by atoms with Gasteiger partial charge in [0.15, 0.2) is 0 Å². The standard InChI is InChI=1S/C18H15F3N4O3S/c1-10-9-29-16(22-10)17(28,18(19,20)21)8-14(26)24-25-15(27)13-7-6-11-4-2-3-5-12(11)23-13/h2-7,9,28H,8H2,1H3,(H,24,26)(H,25,27). The average Bonchev–Trinajstić information content (AvgIpc) is 3.11. The van der Waals surface area contributed by atoms with Crippen molar-refractivity contribution in [1.29, 1.82) is 0 Å². The van der Waals surface area contributed by atoms with Gasteiger partial charge < -0.3 is 5.11 Å². The van der Waals surface area contributed by atoms with Crippen molar-refractivity contribution in [1.82, 2.24) is 20.8 Å². The lowest BCUT2D eigenvalue weighted by molar-refractivity contribution is -0.267. The number of alkyl halides is 3. The fourth-order valence-corrected chi connectivity index (χ4v) is 3.42. The highest BCUT2D eigenvalue weighted by atomic mass is 32.1. The van der Waals surface area contributed by atoms with Gasteiger partial charge in [-0.1, -0.05) is 24.3 Å². The molecule has 0 spiro atoms. The van der Waals surface area contributed by atoms with Crippen molar-refractivity contribution < 1.29 is 27.9 Å². The molecule has 2 heterocycles. The molecule has 7 nitrogen and oxygen atoms in total. The molecule has 3 rings (SSSR count). The summed E-state index contributed by atoms with van der Waals surface area (Å²) in [6.07, 6.45) is -6.51. The first kappa shape index (κ1) is 20.7. The van der Waals surface area contributed by atoms with Gasteiger partial charge >= 0.3 is 6.18 Å². The number of hydrazine groups is 1. The largest absolute Gasteiger partial charge is 0.424 e. The van der Waals surface area contributed by atoms with Crippen LogP contribution in [0.5, 0.6) is 0 Å². The summed E-state index contributed by atoms with van der Waals surface area (Å²) in [5.74, 6) is -2.06. The van der Waals surface area contributed by atoms with Crippen molar-refractivity contribution in [3.05, 3.63) is 58.2 Å². The minimum absolute atomic E-state index is 0.0365. The normalized spacial score (nSPS) is 13.7. The quantitative estimate of drug-likeness (QED) is 0.559.